The molecule has 14 nitrogen and oxygen atoms in total. The zero-order valence-corrected chi connectivity index (χ0v) is 24.3. The Bertz CT molecular complexity index is 1230. The summed E-state index contributed by atoms with van der Waals surface area (Å²) in [4.78, 5) is 50.2. The second-order valence-electron chi connectivity index (χ2n) is 10.8. The second kappa shape index (κ2) is 12.0. The third kappa shape index (κ3) is 6.91. The molecule has 2 fully saturated rings. The Hall–Kier alpha value is -1.84. The van der Waals surface area contributed by atoms with Crippen molar-refractivity contribution in [2.45, 2.75) is 78.2 Å². The normalized spacial score (nSPS) is 28.5. The van der Waals surface area contributed by atoms with Crippen molar-refractivity contribution in [3.63, 3.8) is 0 Å². The molecule has 0 radical (unpaired) electrons. The zero-order chi connectivity index (χ0) is 29.3. The predicted octanol–water partition coefficient (Wildman–Crippen LogP) is 0.533. The van der Waals surface area contributed by atoms with Gasteiger partial charge in [0, 0.05) is 23.4 Å². The lowest BCUT2D eigenvalue weighted by Gasteiger charge is -2.28. The fourth-order valence-corrected chi connectivity index (χ4v) is 6.69. The first-order chi connectivity index (χ1) is 18.1. The van der Waals surface area contributed by atoms with Gasteiger partial charge in [0.15, 0.2) is 11.3 Å². The summed E-state index contributed by atoms with van der Waals surface area (Å²) in [7, 11) is -4.30. The summed E-state index contributed by atoms with van der Waals surface area (Å²) in [5.41, 5.74) is -3.51. The minimum Gasteiger partial charge on any atom is -0.462 e. The molecule has 3 rings (SSSR count). The average Bonchev–Trinajstić information content (AvgIpc) is 3.31. The number of esters is 1. The van der Waals surface area contributed by atoms with Gasteiger partial charge in [-0.2, -0.15) is 0 Å². The standard InChI is InChI=1S/C23H36N3O11PS/c1-12(2)35-19(30)13(3)25-38(33,34-9-10-39-20(31)22(4,5)6)37-17-16-23(17,11-27)15(29)18(36-16)26-8-7-14(28)24-21(26)32/h7-8,12-13,15-18,27,29H,9-11H2,1-6H3,(H,25,33)(H,24,28,32). The summed E-state index contributed by atoms with van der Waals surface area (Å²) >= 11 is 0.991. The van der Waals surface area contributed by atoms with E-state index >= 15 is 0 Å². The van der Waals surface area contributed by atoms with Crippen LogP contribution in [0.1, 0.15) is 47.8 Å². The van der Waals surface area contributed by atoms with Gasteiger partial charge in [-0.15, -0.1) is 0 Å². The summed E-state index contributed by atoms with van der Waals surface area (Å²) in [6, 6.07) is -0.0448. The molecule has 0 spiro atoms. The molecule has 16 heteroatoms. The molecule has 1 aromatic heterocycles. The predicted molar refractivity (Wildman–Crippen MR) is 140 cm³/mol. The van der Waals surface area contributed by atoms with Crippen molar-refractivity contribution in [1.82, 2.24) is 14.6 Å². The molecule has 0 amide bonds. The zero-order valence-electron chi connectivity index (χ0n) is 22.6. The summed E-state index contributed by atoms with van der Waals surface area (Å²) in [6.45, 7) is 9.16. The Balaban J connectivity index is 1.75. The number of carbonyl (C=O) groups excluding carboxylic acids is 2. The molecular formula is C23H36N3O11PS. The first-order valence-electron chi connectivity index (χ1n) is 12.4. The smallest absolute Gasteiger partial charge is 0.406 e. The minimum absolute atomic E-state index is 0.0975. The summed E-state index contributed by atoms with van der Waals surface area (Å²) in [6.07, 6.45) is -4.15. The molecule has 4 N–H and O–H groups in total. The number of fused-ring (bicyclic) bond motifs is 1. The number of thioether (sulfide) groups is 1. The molecular weight excluding hydrogens is 557 g/mol. The number of hydrogen-bond donors (Lipinski definition) is 4. The highest BCUT2D eigenvalue weighted by molar-refractivity contribution is 8.13. The number of aromatic amines is 1. The molecule has 1 aliphatic heterocycles. The number of aliphatic hydroxyl groups is 2. The molecule has 220 valence electrons. The lowest BCUT2D eigenvalue weighted by Crippen LogP contribution is -2.41. The van der Waals surface area contributed by atoms with Crippen LogP contribution < -0.4 is 16.3 Å². The maximum absolute atomic E-state index is 13.8. The molecule has 1 aromatic rings. The quantitative estimate of drug-likeness (QED) is 0.149. The highest BCUT2D eigenvalue weighted by atomic mass is 32.2. The van der Waals surface area contributed by atoms with Gasteiger partial charge in [0.1, 0.15) is 24.4 Å². The van der Waals surface area contributed by atoms with Crippen LogP contribution in [0.3, 0.4) is 0 Å². The van der Waals surface area contributed by atoms with Crippen molar-refractivity contribution in [1.29, 1.82) is 0 Å². The first-order valence-corrected chi connectivity index (χ1v) is 14.9. The molecule has 0 aromatic carbocycles. The second-order valence-corrected chi connectivity index (χ2v) is 13.5. The van der Waals surface area contributed by atoms with E-state index in [0.29, 0.717) is 0 Å². The van der Waals surface area contributed by atoms with Crippen molar-refractivity contribution in [2.24, 2.45) is 10.8 Å². The van der Waals surface area contributed by atoms with Crippen LogP contribution >= 0.6 is 19.5 Å². The van der Waals surface area contributed by atoms with Crippen molar-refractivity contribution in [3.8, 4) is 0 Å². The van der Waals surface area contributed by atoms with Gasteiger partial charge in [-0.05, 0) is 20.8 Å². The number of ether oxygens (including phenoxy) is 2. The van der Waals surface area contributed by atoms with Crippen LogP contribution in [0.4, 0.5) is 0 Å². The highest BCUT2D eigenvalue weighted by Crippen LogP contribution is 2.66. The molecule has 1 aliphatic carbocycles. The van der Waals surface area contributed by atoms with Crippen LogP contribution in [0.25, 0.3) is 0 Å². The fourth-order valence-electron chi connectivity index (χ4n) is 4.07. The Kier molecular flexibility index (Phi) is 9.71. The number of rotatable bonds is 12. The van der Waals surface area contributed by atoms with E-state index in [1.54, 1.807) is 34.6 Å². The topological polar surface area (TPSA) is 195 Å². The monoisotopic (exact) mass is 593 g/mol. The lowest BCUT2D eigenvalue weighted by molar-refractivity contribution is -0.149. The Morgan fingerprint density at radius 3 is 2.51 bits per heavy atom. The summed E-state index contributed by atoms with van der Waals surface area (Å²) in [5.74, 6) is -0.567. The van der Waals surface area contributed by atoms with Crippen LogP contribution in [0.15, 0.2) is 21.9 Å². The van der Waals surface area contributed by atoms with Gasteiger partial charge in [0.05, 0.1) is 24.7 Å². The number of aliphatic hydroxyl groups excluding tert-OH is 2. The van der Waals surface area contributed by atoms with Crippen LogP contribution in [0.5, 0.6) is 0 Å². The molecule has 1 saturated heterocycles. The lowest BCUT2D eigenvalue weighted by atomic mass is 9.99. The number of carbonyl (C=O) groups is 2. The van der Waals surface area contributed by atoms with E-state index in [-0.39, 0.29) is 17.5 Å². The summed E-state index contributed by atoms with van der Waals surface area (Å²) < 4.78 is 36.9. The Morgan fingerprint density at radius 2 is 1.97 bits per heavy atom. The van der Waals surface area contributed by atoms with E-state index < -0.39 is 79.1 Å². The van der Waals surface area contributed by atoms with Gasteiger partial charge in [0.2, 0.25) is 0 Å². The van der Waals surface area contributed by atoms with Crippen LogP contribution in [-0.4, -0.2) is 80.3 Å². The van der Waals surface area contributed by atoms with Crippen LogP contribution in [0, 0.1) is 10.8 Å². The van der Waals surface area contributed by atoms with Gasteiger partial charge < -0.3 is 19.7 Å². The molecule has 39 heavy (non-hydrogen) atoms. The largest absolute Gasteiger partial charge is 0.462 e. The fraction of sp³-hybridized carbons (Fsp3) is 0.739. The van der Waals surface area contributed by atoms with Gasteiger partial charge in [-0.25, -0.2) is 14.4 Å². The van der Waals surface area contributed by atoms with E-state index in [0.717, 1.165) is 28.6 Å². The van der Waals surface area contributed by atoms with E-state index in [1.165, 1.54) is 6.92 Å². The van der Waals surface area contributed by atoms with Crippen molar-refractivity contribution < 1.29 is 42.9 Å². The molecule has 1 saturated carbocycles. The SMILES string of the molecule is CC(C)OC(=O)C(C)NP(=O)(OCCSC(=O)C(C)(C)C)OC1C2OC(n3ccc(=O)[nH]c3=O)C(O)C21CO. The van der Waals surface area contributed by atoms with Crippen molar-refractivity contribution in [3.05, 3.63) is 33.1 Å². The van der Waals surface area contributed by atoms with Gasteiger partial charge in [-0.3, -0.25) is 33.0 Å². The third-order valence-electron chi connectivity index (χ3n) is 6.23. The Morgan fingerprint density at radius 1 is 1.31 bits per heavy atom. The number of hydrogen-bond acceptors (Lipinski definition) is 12. The van der Waals surface area contributed by atoms with Gasteiger partial charge >= 0.3 is 19.4 Å². The average molecular weight is 594 g/mol. The maximum Gasteiger partial charge on any atom is 0.406 e. The Labute approximate surface area is 229 Å². The van der Waals surface area contributed by atoms with Crippen molar-refractivity contribution in [2.75, 3.05) is 19.0 Å². The summed E-state index contributed by atoms with van der Waals surface area (Å²) in [5, 5.41) is 23.6. The van der Waals surface area contributed by atoms with Gasteiger partial charge in [0.25, 0.3) is 5.56 Å². The van der Waals surface area contributed by atoms with Crippen LogP contribution in [-0.2, 0) is 32.7 Å². The van der Waals surface area contributed by atoms with Crippen LogP contribution in [0.2, 0.25) is 0 Å². The maximum atomic E-state index is 13.8. The number of nitrogens with zero attached hydrogens (tertiary/aromatic N) is 1. The minimum atomic E-state index is -4.30. The highest BCUT2D eigenvalue weighted by Gasteiger charge is 2.79. The number of aromatic nitrogens is 2. The van der Waals surface area contributed by atoms with E-state index in [2.05, 4.69) is 10.1 Å². The molecule has 7 unspecified atom stereocenters. The molecule has 7 atom stereocenters. The van der Waals surface area contributed by atoms with E-state index in [9.17, 15) is 34.0 Å². The first kappa shape index (κ1) is 31.7. The van der Waals surface area contributed by atoms with Crippen molar-refractivity contribution >= 4 is 30.6 Å². The molecule has 2 aliphatic rings. The molecule has 0 bridgehead atoms. The number of H-pyrrole nitrogens is 1. The van der Waals surface area contributed by atoms with E-state index in [1.807, 2.05) is 0 Å². The number of nitrogens with one attached hydrogen (secondary N) is 2. The van der Waals surface area contributed by atoms with Gasteiger partial charge in [-0.1, -0.05) is 32.5 Å². The third-order valence-corrected chi connectivity index (χ3v) is 9.21. The van der Waals surface area contributed by atoms with E-state index in [4.69, 9.17) is 18.5 Å². The molecule has 2 heterocycles.